The number of para-hydroxylation sites is 2. The number of hydrogen-bond donors (Lipinski definition) is 1. The minimum absolute atomic E-state index is 0.196. The van der Waals surface area contributed by atoms with Gasteiger partial charge in [0.05, 0.1) is 5.56 Å². The average Bonchev–Trinajstić information content (AvgIpc) is 2.76. The van der Waals surface area contributed by atoms with Crippen molar-refractivity contribution in [2.75, 3.05) is 32.2 Å². The van der Waals surface area contributed by atoms with Gasteiger partial charge in [-0.25, -0.2) is 4.98 Å². The second-order valence-corrected chi connectivity index (χ2v) is 6.57. The standard InChI is InChI=1S/C23H25N3O3/c1-26(2)22-18(9-8-14-24-22)17-25-23(27)20-12-6-7-13-21(20)29-16-15-28-19-10-4-3-5-11-19/h3-14H,15-17H2,1-2H3,(H,25,27). The van der Waals surface area contributed by atoms with Gasteiger partial charge >= 0.3 is 0 Å². The van der Waals surface area contributed by atoms with Crippen LogP contribution >= 0.6 is 0 Å². The first-order chi connectivity index (χ1) is 14.1. The largest absolute Gasteiger partial charge is 0.490 e. The third kappa shape index (κ3) is 5.72. The fraction of sp³-hybridized carbons (Fsp3) is 0.217. The van der Waals surface area contributed by atoms with Gasteiger partial charge < -0.3 is 19.7 Å². The topological polar surface area (TPSA) is 63.7 Å². The molecule has 29 heavy (non-hydrogen) atoms. The Kier molecular flexibility index (Phi) is 7.05. The van der Waals surface area contributed by atoms with Crippen LogP contribution in [0.1, 0.15) is 15.9 Å². The number of pyridine rings is 1. The summed E-state index contributed by atoms with van der Waals surface area (Å²) in [6.45, 7) is 1.11. The first-order valence-electron chi connectivity index (χ1n) is 9.44. The molecule has 1 amide bonds. The van der Waals surface area contributed by atoms with E-state index in [0.29, 0.717) is 31.1 Å². The summed E-state index contributed by atoms with van der Waals surface area (Å²) in [6, 6.07) is 20.6. The van der Waals surface area contributed by atoms with Gasteiger partial charge in [-0.2, -0.15) is 0 Å². The number of aromatic nitrogens is 1. The molecule has 0 atom stereocenters. The minimum atomic E-state index is -0.196. The summed E-state index contributed by atoms with van der Waals surface area (Å²) < 4.78 is 11.4. The second-order valence-electron chi connectivity index (χ2n) is 6.57. The molecule has 150 valence electrons. The summed E-state index contributed by atoms with van der Waals surface area (Å²) in [5, 5.41) is 2.95. The van der Waals surface area contributed by atoms with Crippen LogP contribution in [-0.2, 0) is 6.54 Å². The van der Waals surface area contributed by atoms with E-state index in [-0.39, 0.29) is 5.91 Å². The Balaban J connectivity index is 1.57. The molecule has 3 rings (SSSR count). The van der Waals surface area contributed by atoms with Crippen LogP contribution in [-0.4, -0.2) is 38.2 Å². The zero-order chi connectivity index (χ0) is 20.5. The van der Waals surface area contributed by atoms with Crippen LogP contribution in [0.2, 0.25) is 0 Å². The predicted molar refractivity (Wildman–Crippen MR) is 114 cm³/mol. The highest BCUT2D eigenvalue weighted by molar-refractivity contribution is 5.96. The van der Waals surface area contributed by atoms with Crippen LogP contribution in [0.15, 0.2) is 72.9 Å². The molecule has 0 saturated carbocycles. The number of hydrogen-bond acceptors (Lipinski definition) is 5. The van der Waals surface area contributed by atoms with Crippen molar-refractivity contribution in [2.45, 2.75) is 6.54 Å². The Morgan fingerprint density at radius 1 is 0.931 bits per heavy atom. The van der Waals surface area contributed by atoms with Crippen LogP contribution in [0.25, 0.3) is 0 Å². The zero-order valence-electron chi connectivity index (χ0n) is 16.7. The Hall–Kier alpha value is -3.54. The average molecular weight is 391 g/mol. The van der Waals surface area contributed by atoms with Crippen molar-refractivity contribution in [2.24, 2.45) is 0 Å². The summed E-state index contributed by atoms with van der Waals surface area (Å²) in [7, 11) is 3.85. The van der Waals surface area contributed by atoms with E-state index in [1.165, 1.54) is 0 Å². The van der Waals surface area contributed by atoms with Crippen molar-refractivity contribution in [3.8, 4) is 11.5 Å². The molecule has 0 saturated heterocycles. The van der Waals surface area contributed by atoms with Crippen molar-refractivity contribution in [3.05, 3.63) is 84.1 Å². The molecule has 0 aliphatic carbocycles. The van der Waals surface area contributed by atoms with E-state index in [2.05, 4.69) is 10.3 Å². The van der Waals surface area contributed by atoms with Crippen LogP contribution in [0.4, 0.5) is 5.82 Å². The number of carbonyl (C=O) groups is 1. The van der Waals surface area contributed by atoms with Gasteiger partial charge in [0, 0.05) is 32.4 Å². The fourth-order valence-electron chi connectivity index (χ4n) is 2.85. The van der Waals surface area contributed by atoms with E-state index < -0.39 is 0 Å². The summed E-state index contributed by atoms with van der Waals surface area (Å²) in [6.07, 6.45) is 1.74. The van der Waals surface area contributed by atoms with Crippen molar-refractivity contribution in [3.63, 3.8) is 0 Å². The lowest BCUT2D eigenvalue weighted by molar-refractivity contribution is 0.0945. The number of carbonyl (C=O) groups excluding carboxylic acids is 1. The quantitative estimate of drug-likeness (QED) is 0.566. The molecule has 0 bridgehead atoms. The summed E-state index contributed by atoms with van der Waals surface area (Å²) in [5.41, 5.74) is 1.43. The molecule has 0 aliphatic rings. The van der Waals surface area contributed by atoms with E-state index >= 15 is 0 Å². The fourth-order valence-corrected chi connectivity index (χ4v) is 2.85. The van der Waals surface area contributed by atoms with Crippen LogP contribution < -0.4 is 19.7 Å². The van der Waals surface area contributed by atoms with Crippen LogP contribution in [0.5, 0.6) is 11.5 Å². The molecular weight excluding hydrogens is 366 g/mol. The van der Waals surface area contributed by atoms with Crippen molar-refractivity contribution >= 4 is 11.7 Å². The molecule has 6 heteroatoms. The van der Waals surface area contributed by atoms with Crippen molar-refractivity contribution in [1.82, 2.24) is 10.3 Å². The molecule has 0 radical (unpaired) electrons. The van der Waals surface area contributed by atoms with Crippen molar-refractivity contribution < 1.29 is 14.3 Å². The Morgan fingerprint density at radius 2 is 1.66 bits per heavy atom. The molecule has 6 nitrogen and oxygen atoms in total. The Bertz CT molecular complexity index is 929. The summed E-state index contributed by atoms with van der Waals surface area (Å²) in [4.78, 5) is 19.0. The number of benzene rings is 2. The third-order valence-electron chi connectivity index (χ3n) is 4.22. The van der Waals surface area contributed by atoms with E-state index in [1.54, 1.807) is 18.3 Å². The number of amides is 1. The first kappa shape index (κ1) is 20.2. The lowest BCUT2D eigenvalue weighted by atomic mass is 10.1. The molecular formula is C23H25N3O3. The number of ether oxygens (including phenoxy) is 2. The van der Waals surface area contributed by atoms with Gasteiger partial charge in [-0.3, -0.25) is 4.79 Å². The zero-order valence-corrected chi connectivity index (χ0v) is 16.7. The minimum Gasteiger partial charge on any atom is -0.490 e. The first-order valence-corrected chi connectivity index (χ1v) is 9.44. The predicted octanol–water partition coefficient (Wildman–Crippen LogP) is 3.54. The highest BCUT2D eigenvalue weighted by Gasteiger charge is 2.13. The molecule has 0 unspecified atom stereocenters. The summed E-state index contributed by atoms with van der Waals surface area (Å²) in [5.74, 6) is 1.95. The number of nitrogens with zero attached hydrogens (tertiary/aromatic N) is 2. The lowest BCUT2D eigenvalue weighted by Crippen LogP contribution is -2.25. The SMILES string of the molecule is CN(C)c1ncccc1CNC(=O)c1ccccc1OCCOc1ccccc1. The van der Waals surface area contributed by atoms with Gasteiger partial charge in [0.2, 0.25) is 0 Å². The smallest absolute Gasteiger partial charge is 0.255 e. The monoisotopic (exact) mass is 391 g/mol. The van der Waals surface area contributed by atoms with Gasteiger partial charge in [0.25, 0.3) is 5.91 Å². The van der Waals surface area contributed by atoms with E-state index in [4.69, 9.17) is 9.47 Å². The lowest BCUT2D eigenvalue weighted by Gasteiger charge is -2.16. The third-order valence-corrected chi connectivity index (χ3v) is 4.22. The van der Waals surface area contributed by atoms with Crippen molar-refractivity contribution in [1.29, 1.82) is 0 Å². The Morgan fingerprint density at radius 3 is 2.45 bits per heavy atom. The molecule has 0 spiro atoms. The van der Waals surface area contributed by atoms with Gasteiger partial charge in [-0.05, 0) is 30.3 Å². The molecule has 1 aromatic heterocycles. The summed E-state index contributed by atoms with van der Waals surface area (Å²) >= 11 is 0. The molecule has 3 aromatic rings. The van der Waals surface area contributed by atoms with E-state index in [1.807, 2.05) is 73.6 Å². The number of rotatable bonds is 9. The Labute approximate surface area is 171 Å². The maximum Gasteiger partial charge on any atom is 0.255 e. The molecule has 0 fully saturated rings. The molecule has 2 aromatic carbocycles. The number of anilines is 1. The molecule has 0 aliphatic heterocycles. The van der Waals surface area contributed by atoms with Gasteiger partial charge in [0.1, 0.15) is 30.5 Å². The van der Waals surface area contributed by atoms with E-state index in [0.717, 1.165) is 17.1 Å². The molecule has 1 N–H and O–H groups in total. The van der Waals surface area contributed by atoms with E-state index in [9.17, 15) is 4.79 Å². The highest BCUT2D eigenvalue weighted by atomic mass is 16.5. The van der Waals surface area contributed by atoms with Crippen LogP contribution in [0.3, 0.4) is 0 Å². The van der Waals surface area contributed by atoms with Gasteiger partial charge in [-0.15, -0.1) is 0 Å². The normalized spacial score (nSPS) is 10.3. The molecule has 1 heterocycles. The maximum atomic E-state index is 12.7. The highest BCUT2D eigenvalue weighted by Crippen LogP contribution is 2.19. The van der Waals surface area contributed by atoms with Gasteiger partial charge in [-0.1, -0.05) is 36.4 Å². The van der Waals surface area contributed by atoms with Gasteiger partial charge in [0.15, 0.2) is 0 Å². The maximum absolute atomic E-state index is 12.7. The second kappa shape index (κ2) is 10.1. The number of nitrogens with one attached hydrogen (secondary N) is 1. The van der Waals surface area contributed by atoms with Crippen LogP contribution in [0, 0.1) is 0 Å².